The SMILES string of the molecule is CC(C(N)=O)N1CCN2CCCC2C1. The predicted molar refractivity (Wildman–Crippen MR) is 54.8 cm³/mol. The normalized spacial score (nSPS) is 31.4. The third-order valence-electron chi connectivity index (χ3n) is 3.58. The third-order valence-corrected chi connectivity index (χ3v) is 3.58. The standard InChI is InChI=1S/C10H19N3O/c1-8(10(11)14)13-6-5-12-4-2-3-9(12)7-13/h8-9H,2-7H2,1H3,(H2,11,14). The average molecular weight is 197 g/mol. The smallest absolute Gasteiger partial charge is 0.234 e. The first-order valence-corrected chi connectivity index (χ1v) is 5.46. The summed E-state index contributed by atoms with van der Waals surface area (Å²) >= 11 is 0. The van der Waals surface area contributed by atoms with Crippen LogP contribution in [-0.4, -0.2) is 54.0 Å². The van der Waals surface area contributed by atoms with Gasteiger partial charge in [0, 0.05) is 25.7 Å². The van der Waals surface area contributed by atoms with Crippen molar-refractivity contribution in [2.75, 3.05) is 26.2 Å². The molecule has 80 valence electrons. The van der Waals surface area contributed by atoms with Gasteiger partial charge in [-0.3, -0.25) is 14.6 Å². The summed E-state index contributed by atoms with van der Waals surface area (Å²) in [7, 11) is 0. The van der Waals surface area contributed by atoms with Crippen LogP contribution in [0.1, 0.15) is 19.8 Å². The van der Waals surface area contributed by atoms with Gasteiger partial charge in [-0.2, -0.15) is 0 Å². The zero-order valence-corrected chi connectivity index (χ0v) is 8.78. The van der Waals surface area contributed by atoms with Gasteiger partial charge in [0.15, 0.2) is 0 Å². The Morgan fingerprint density at radius 1 is 1.43 bits per heavy atom. The van der Waals surface area contributed by atoms with Crippen molar-refractivity contribution >= 4 is 5.91 Å². The van der Waals surface area contributed by atoms with E-state index >= 15 is 0 Å². The molecule has 0 aromatic carbocycles. The lowest BCUT2D eigenvalue weighted by atomic mass is 10.1. The van der Waals surface area contributed by atoms with Gasteiger partial charge in [0.05, 0.1) is 6.04 Å². The molecule has 2 fully saturated rings. The summed E-state index contributed by atoms with van der Waals surface area (Å²) in [6.07, 6.45) is 2.59. The molecule has 2 aliphatic rings. The lowest BCUT2D eigenvalue weighted by Crippen LogP contribution is -2.55. The highest BCUT2D eigenvalue weighted by atomic mass is 16.1. The Morgan fingerprint density at radius 3 is 2.93 bits per heavy atom. The quantitative estimate of drug-likeness (QED) is 0.657. The minimum atomic E-state index is -0.198. The van der Waals surface area contributed by atoms with Crippen LogP contribution in [-0.2, 0) is 4.79 Å². The second-order valence-corrected chi connectivity index (χ2v) is 4.41. The molecule has 2 heterocycles. The van der Waals surface area contributed by atoms with Gasteiger partial charge in [-0.1, -0.05) is 0 Å². The number of piperazine rings is 1. The van der Waals surface area contributed by atoms with Crippen molar-refractivity contribution in [3.8, 4) is 0 Å². The van der Waals surface area contributed by atoms with Crippen LogP contribution in [0.15, 0.2) is 0 Å². The van der Waals surface area contributed by atoms with Crippen molar-refractivity contribution in [3.05, 3.63) is 0 Å². The highest BCUT2D eigenvalue weighted by Gasteiger charge is 2.33. The van der Waals surface area contributed by atoms with Gasteiger partial charge < -0.3 is 5.73 Å². The van der Waals surface area contributed by atoms with E-state index in [0.29, 0.717) is 6.04 Å². The van der Waals surface area contributed by atoms with Gasteiger partial charge in [-0.05, 0) is 26.3 Å². The Hall–Kier alpha value is -0.610. The lowest BCUT2D eigenvalue weighted by molar-refractivity contribution is -0.123. The molecule has 2 unspecified atom stereocenters. The third kappa shape index (κ3) is 1.77. The number of carbonyl (C=O) groups is 1. The Bertz CT molecular complexity index is 231. The van der Waals surface area contributed by atoms with E-state index in [2.05, 4.69) is 9.80 Å². The summed E-state index contributed by atoms with van der Waals surface area (Å²) in [5.74, 6) is -0.198. The van der Waals surface area contributed by atoms with Gasteiger partial charge in [0.1, 0.15) is 0 Å². The van der Waals surface area contributed by atoms with E-state index < -0.39 is 0 Å². The van der Waals surface area contributed by atoms with E-state index in [9.17, 15) is 4.79 Å². The fraction of sp³-hybridized carbons (Fsp3) is 0.900. The number of hydrogen-bond donors (Lipinski definition) is 1. The van der Waals surface area contributed by atoms with Crippen LogP contribution >= 0.6 is 0 Å². The molecule has 0 aliphatic carbocycles. The molecule has 2 aliphatic heterocycles. The van der Waals surface area contributed by atoms with Crippen molar-refractivity contribution in [1.29, 1.82) is 0 Å². The van der Waals surface area contributed by atoms with Crippen molar-refractivity contribution in [2.24, 2.45) is 5.73 Å². The molecule has 1 amide bonds. The largest absolute Gasteiger partial charge is 0.368 e. The fourth-order valence-corrected chi connectivity index (χ4v) is 2.55. The Morgan fingerprint density at radius 2 is 2.21 bits per heavy atom. The van der Waals surface area contributed by atoms with E-state index in [0.717, 1.165) is 19.6 Å². The molecule has 4 heteroatoms. The van der Waals surface area contributed by atoms with Crippen molar-refractivity contribution in [3.63, 3.8) is 0 Å². The van der Waals surface area contributed by atoms with Gasteiger partial charge >= 0.3 is 0 Å². The van der Waals surface area contributed by atoms with Crippen LogP contribution < -0.4 is 5.73 Å². The average Bonchev–Trinajstić information content (AvgIpc) is 2.62. The zero-order chi connectivity index (χ0) is 10.1. The molecule has 0 saturated carbocycles. The summed E-state index contributed by atoms with van der Waals surface area (Å²) in [6, 6.07) is 0.572. The van der Waals surface area contributed by atoms with Gasteiger partial charge in [0.25, 0.3) is 0 Å². The van der Waals surface area contributed by atoms with Crippen LogP contribution in [0.5, 0.6) is 0 Å². The summed E-state index contributed by atoms with van der Waals surface area (Å²) in [4.78, 5) is 15.8. The van der Waals surface area contributed by atoms with Crippen LogP contribution in [0.25, 0.3) is 0 Å². The van der Waals surface area contributed by atoms with Crippen molar-refractivity contribution < 1.29 is 4.79 Å². The topological polar surface area (TPSA) is 49.6 Å². The monoisotopic (exact) mass is 197 g/mol. The first kappa shape index (κ1) is 9.93. The first-order valence-electron chi connectivity index (χ1n) is 5.46. The molecule has 0 radical (unpaired) electrons. The van der Waals surface area contributed by atoms with Crippen LogP contribution in [0.3, 0.4) is 0 Å². The maximum atomic E-state index is 11.1. The number of carbonyl (C=O) groups excluding carboxylic acids is 1. The minimum Gasteiger partial charge on any atom is -0.368 e. The lowest BCUT2D eigenvalue weighted by Gasteiger charge is -2.39. The van der Waals surface area contributed by atoms with E-state index in [1.807, 2.05) is 6.92 Å². The van der Waals surface area contributed by atoms with E-state index in [4.69, 9.17) is 5.73 Å². The highest BCUT2D eigenvalue weighted by molar-refractivity contribution is 5.79. The van der Waals surface area contributed by atoms with Crippen LogP contribution in [0.4, 0.5) is 0 Å². The molecule has 2 atom stereocenters. The number of nitrogens with two attached hydrogens (primary N) is 1. The number of nitrogens with zero attached hydrogens (tertiary/aromatic N) is 2. The second-order valence-electron chi connectivity index (χ2n) is 4.41. The summed E-state index contributed by atoms with van der Waals surface area (Å²) in [5.41, 5.74) is 5.31. The fourth-order valence-electron chi connectivity index (χ4n) is 2.55. The minimum absolute atomic E-state index is 0.0993. The molecule has 0 spiro atoms. The van der Waals surface area contributed by atoms with E-state index in [1.54, 1.807) is 0 Å². The summed E-state index contributed by atoms with van der Waals surface area (Å²) in [5, 5.41) is 0. The maximum Gasteiger partial charge on any atom is 0.234 e. The van der Waals surface area contributed by atoms with E-state index in [1.165, 1.54) is 19.4 Å². The van der Waals surface area contributed by atoms with Gasteiger partial charge in [-0.25, -0.2) is 0 Å². The second kappa shape index (κ2) is 3.87. The number of amides is 1. The molecule has 14 heavy (non-hydrogen) atoms. The summed E-state index contributed by atoms with van der Waals surface area (Å²) in [6.45, 7) is 6.25. The van der Waals surface area contributed by atoms with Gasteiger partial charge in [-0.15, -0.1) is 0 Å². The summed E-state index contributed by atoms with van der Waals surface area (Å²) < 4.78 is 0. The number of hydrogen-bond acceptors (Lipinski definition) is 3. The molecule has 0 aromatic heterocycles. The Balaban J connectivity index is 1.94. The van der Waals surface area contributed by atoms with Crippen LogP contribution in [0.2, 0.25) is 0 Å². The molecule has 4 nitrogen and oxygen atoms in total. The highest BCUT2D eigenvalue weighted by Crippen LogP contribution is 2.22. The number of primary amides is 1. The first-order chi connectivity index (χ1) is 6.68. The van der Waals surface area contributed by atoms with Crippen LogP contribution in [0, 0.1) is 0 Å². The molecule has 2 N–H and O–H groups in total. The molecular formula is C10H19N3O. The maximum absolute atomic E-state index is 11.1. The number of rotatable bonds is 2. The number of fused-ring (bicyclic) bond motifs is 1. The molecule has 2 rings (SSSR count). The molecule has 0 bridgehead atoms. The Labute approximate surface area is 85.0 Å². The Kier molecular flexibility index (Phi) is 2.74. The van der Waals surface area contributed by atoms with Gasteiger partial charge in [0.2, 0.25) is 5.91 Å². The molecule has 0 aromatic rings. The molecular weight excluding hydrogens is 178 g/mol. The molecule has 2 saturated heterocycles. The zero-order valence-electron chi connectivity index (χ0n) is 8.78. The predicted octanol–water partition coefficient (Wildman–Crippen LogP) is -0.360. The van der Waals surface area contributed by atoms with E-state index in [-0.39, 0.29) is 11.9 Å². The van der Waals surface area contributed by atoms with Crippen molar-refractivity contribution in [2.45, 2.75) is 31.8 Å². The van der Waals surface area contributed by atoms with Crippen molar-refractivity contribution in [1.82, 2.24) is 9.80 Å².